The Morgan fingerprint density at radius 3 is 1.24 bits per heavy atom. The van der Waals surface area contributed by atoms with Crippen LogP contribution < -0.4 is 0 Å². The Morgan fingerprint density at radius 2 is 0.857 bits per heavy atom. The number of ketones is 2. The maximum Gasteiger partial charge on any atom is 0.232 e. The Morgan fingerprint density at radius 1 is 0.500 bits per heavy atom. The van der Waals surface area contributed by atoms with E-state index in [2.05, 4.69) is 9.97 Å². The van der Waals surface area contributed by atoms with E-state index in [1.54, 1.807) is 72.8 Å². The molecule has 42 heavy (non-hydrogen) atoms. The number of carbonyl (C=O) groups excluding carboxylic acids is 2. The van der Waals surface area contributed by atoms with Crippen LogP contribution in [-0.2, 0) is 9.59 Å². The number of nitrogens with one attached hydrogen (secondary N) is 2. The van der Waals surface area contributed by atoms with Crippen LogP contribution in [0.1, 0.15) is 11.1 Å². The number of aromatic nitrogens is 2. The summed E-state index contributed by atoms with van der Waals surface area (Å²) in [5.74, 6) is -3.23. The minimum atomic E-state index is -0.866. The summed E-state index contributed by atoms with van der Waals surface area (Å²) in [5, 5.41) is 25.3. The second kappa shape index (κ2) is 9.80. The summed E-state index contributed by atoms with van der Waals surface area (Å²) in [6.07, 6.45) is 0. The van der Waals surface area contributed by atoms with Gasteiger partial charge in [0.05, 0.1) is 22.5 Å². The maximum absolute atomic E-state index is 14.1. The van der Waals surface area contributed by atoms with Crippen LogP contribution in [0.25, 0.3) is 55.5 Å². The van der Waals surface area contributed by atoms with Crippen LogP contribution in [-0.4, -0.2) is 31.7 Å². The van der Waals surface area contributed by atoms with Crippen molar-refractivity contribution in [3.8, 4) is 22.5 Å². The van der Waals surface area contributed by atoms with Crippen molar-refractivity contribution >= 4 is 67.7 Å². The van der Waals surface area contributed by atoms with Gasteiger partial charge in [0.1, 0.15) is 0 Å². The highest BCUT2D eigenvalue weighted by molar-refractivity contribution is 6.49. The molecule has 0 saturated heterocycles. The molecule has 2 aromatic heterocycles. The molecule has 0 fully saturated rings. The van der Waals surface area contributed by atoms with Gasteiger partial charge in [-0.1, -0.05) is 83.9 Å². The number of fused-ring (bicyclic) bond motifs is 2. The average molecular weight is 591 g/mol. The highest BCUT2D eigenvalue weighted by Gasteiger charge is 2.40. The fraction of sp³-hybridized carbons (Fsp3) is 0. The van der Waals surface area contributed by atoms with Gasteiger partial charge in [-0.25, -0.2) is 0 Å². The van der Waals surface area contributed by atoms with Gasteiger partial charge in [0.2, 0.25) is 11.6 Å². The first kappa shape index (κ1) is 25.9. The van der Waals surface area contributed by atoms with E-state index >= 15 is 0 Å². The van der Waals surface area contributed by atoms with E-state index in [4.69, 9.17) is 23.2 Å². The monoisotopic (exact) mass is 590 g/mol. The molecule has 1 aliphatic carbocycles. The first-order chi connectivity index (χ1) is 20.3. The molecule has 7 rings (SSSR count). The van der Waals surface area contributed by atoms with E-state index in [9.17, 15) is 19.8 Å². The highest BCUT2D eigenvalue weighted by Crippen LogP contribution is 2.44. The Labute approximate surface area is 249 Å². The third-order valence-electron chi connectivity index (χ3n) is 7.54. The Hall–Kier alpha value is -5.04. The molecular formula is C34H20Cl2N2O4. The number of H-pyrrole nitrogens is 2. The number of hydrogen-bond acceptors (Lipinski definition) is 4. The molecule has 4 N–H and O–H groups in total. The number of aromatic amines is 2. The largest absolute Gasteiger partial charge is 0.504 e. The lowest BCUT2D eigenvalue weighted by Gasteiger charge is -2.20. The molecule has 4 aromatic carbocycles. The number of carbonyl (C=O) groups is 2. The van der Waals surface area contributed by atoms with E-state index in [0.717, 1.165) is 0 Å². The lowest BCUT2D eigenvalue weighted by molar-refractivity contribution is -0.116. The van der Waals surface area contributed by atoms with Crippen molar-refractivity contribution in [1.29, 1.82) is 0 Å². The minimum Gasteiger partial charge on any atom is -0.504 e. The van der Waals surface area contributed by atoms with Crippen molar-refractivity contribution in [2.75, 3.05) is 0 Å². The Balaban J connectivity index is 1.47. The molecule has 0 amide bonds. The minimum absolute atomic E-state index is 0.281. The number of halogens is 2. The van der Waals surface area contributed by atoms with Crippen LogP contribution in [0.15, 0.2) is 109 Å². The predicted octanol–water partition coefficient (Wildman–Crippen LogP) is 8.68. The zero-order valence-electron chi connectivity index (χ0n) is 21.7. The number of benzene rings is 4. The molecule has 0 saturated carbocycles. The summed E-state index contributed by atoms with van der Waals surface area (Å²) in [7, 11) is 0. The number of para-hydroxylation sites is 2. The molecule has 204 valence electrons. The lowest BCUT2D eigenvalue weighted by Crippen LogP contribution is -2.23. The average Bonchev–Trinajstić information content (AvgIpc) is 3.57. The maximum atomic E-state index is 14.1. The summed E-state index contributed by atoms with van der Waals surface area (Å²) >= 11 is 12.2. The summed E-state index contributed by atoms with van der Waals surface area (Å²) in [6, 6.07) is 28.4. The number of hydrogen-bond donors (Lipinski definition) is 4. The van der Waals surface area contributed by atoms with E-state index in [0.29, 0.717) is 65.5 Å². The fourth-order valence-corrected chi connectivity index (χ4v) is 5.86. The zero-order valence-corrected chi connectivity index (χ0v) is 23.2. The normalized spacial score (nSPS) is 14.0. The van der Waals surface area contributed by atoms with Crippen molar-refractivity contribution in [3.05, 3.63) is 130 Å². The van der Waals surface area contributed by atoms with Gasteiger partial charge in [-0.3, -0.25) is 9.59 Å². The summed E-state index contributed by atoms with van der Waals surface area (Å²) in [4.78, 5) is 34.7. The molecule has 6 aromatic rings. The van der Waals surface area contributed by atoms with Crippen LogP contribution in [0.3, 0.4) is 0 Å². The highest BCUT2D eigenvalue weighted by atomic mass is 35.5. The van der Waals surface area contributed by atoms with Crippen LogP contribution in [0, 0.1) is 0 Å². The molecule has 0 unspecified atom stereocenters. The molecule has 6 nitrogen and oxygen atoms in total. The van der Waals surface area contributed by atoms with E-state index in [-0.39, 0.29) is 11.1 Å². The zero-order chi connectivity index (χ0) is 29.1. The third kappa shape index (κ3) is 3.96. The van der Waals surface area contributed by atoms with Crippen LogP contribution in [0.5, 0.6) is 0 Å². The van der Waals surface area contributed by atoms with Crippen molar-refractivity contribution in [3.63, 3.8) is 0 Å². The number of aliphatic hydroxyl groups excluding tert-OH is 2. The first-order valence-corrected chi connectivity index (χ1v) is 13.8. The van der Waals surface area contributed by atoms with Gasteiger partial charge in [0, 0.05) is 43.0 Å². The van der Waals surface area contributed by atoms with E-state index in [1.807, 2.05) is 24.3 Å². The van der Waals surface area contributed by atoms with Crippen molar-refractivity contribution in [2.24, 2.45) is 0 Å². The standard InChI is InChI=1S/C34H20Cl2N2O4/c35-19-13-9-17(10-14-19)29-25(21-5-1-3-7-23(21)37-29)27-31(39)33(41)28(34(42)32(27)40)26-22-6-2-4-8-24(22)38-30(26)18-11-15-20(36)16-12-18/h1-16,37-39,42H. The lowest BCUT2D eigenvalue weighted by atomic mass is 9.83. The van der Waals surface area contributed by atoms with Gasteiger partial charge in [-0.05, 0) is 47.5 Å². The molecule has 0 radical (unpaired) electrons. The van der Waals surface area contributed by atoms with Gasteiger partial charge in [0.25, 0.3) is 0 Å². The first-order valence-electron chi connectivity index (χ1n) is 13.0. The van der Waals surface area contributed by atoms with Crippen LogP contribution in [0.2, 0.25) is 10.0 Å². The second-order valence-electron chi connectivity index (χ2n) is 9.96. The van der Waals surface area contributed by atoms with Gasteiger partial charge >= 0.3 is 0 Å². The van der Waals surface area contributed by atoms with Crippen molar-refractivity contribution < 1.29 is 19.8 Å². The van der Waals surface area contributed by atoms with Gasteiger partial charge in [-0.15, -0.1) is 0 Å². The molecule has 0 bridgehead atoms. The molecule has 0 aliphatic heterocycles. The van der Waals surface area contributed by atoms with Gasteiger partial charge < -0.3 is 20.2 Å². The molecule has 1 aliphatic rings. The van der Waals surface area contributed by atoms with E-state index in [1.165, 1.54) is 0 Å². The number of aliphatic hydroxyl groups is 2. The van der Waals surface area contributed by atoms with Gasteiger partial charge in [0.15, 0.2) is 11.5 Å². The molecule has 2 heterocycles. The molecule has 0 atom stereocenters. The summed E-state index contributed by atoms with van der Waals surface area (Å²) in [5.41, 5.74) is 3.80. The van der Waals surface area contributed by atoms with E-state index < -0.39 is 23.1 Å². The molecule has 8 heteroatoms. The summed E-state index contributed by atoms with van der Waals surface area (Å²) < 4.78 is 0. The Bertz CT molecular complexity index is 1990. The predicted molar refractivity (Wildman–Crippen MR) is 167 cm³/mol. The van der Waals surface area contributed by atoms with Crippen LogP contribution in [0.4, 0.5) is 0 Å². The summed E-state index contributed by atoms with van der Waals surface area (Å²) in [6.45, 7) is 0. The Kier molecular flexibility index (Phi) is 6.04. The SMILES string of the molecule is O=C1C(O)=C(c2c(-c3ccc(Cl)cc3)[nH]c3ccccc23)C(=O)C(O)=C1c1c(-c2ccc(Cl)cc2)[nH]c2ccccc12. The number of Topliss-reactive ketones (excluding diaryl/α,β-unsaturated/α-hetero) is 2. The number of allylic oxidation sites excluding steroid dienone is 2. The molecular weight excluding hydrogens is 571 g/mol. The van der Waals surface area contributed by atoms with Crippen molar-refractivity contribution in [2.45, 2.75) is 0 Å². The smallest absolute Gasteiger partial charge is 0.232 e. The van der Waals surface area contributed by atoms with Crippen LogP contribution >= 0.6 is 23.2 Å². The van der Waals surface area contributed by atoms with Crippen molar-refractivity contribution in [1.82, 2.24) is 9.97 Å². The molecule has 0 spiro atoms. The quantitative estimate of drug-likeness (QED) is 0.154. The van der Waals surface area contributed by atoms with Gasteiger partial charge in [-0.2, -0.15) is 0 Å². The second-order valence-corrected chi connectivity index (χ2v) is 10.8. The number of rotatable bonds is 4. The third-order valence-corrected chi connectivity index (χ3v) is 8.04. The fourth-order valence-electron chi connectivity index (χ4n) is 5.61. The topological polar surface area (TPSA) is 106 Å².